The monoisotopic (exact) mass is 1100 g/mol. The van der Waals surface area contributed by atoms with Crippen LogP contribution in [0.25, 0.3) is 0 Å². The molecule has 0 amide bonds. The summed E-state index contributed by atoms with van der Waals surface area (Å²) < 4.78 is 0. The Morgan fingerprint density at radius 3 is 0.675 bits per heavy atom. The number of hydrogen-bond donors (Lipinski definition) is 12. The van der Waals surface area contributed by atoms with Crippen LogP contribution in [0, 0.1) is 109 Å². The van der Waals surface area contributed by atoms with Crippen LogP contribution < -0.4 is 42.5 Å². The van der Waals surface area contributed by atoms with Gasteiger partial charge in [-0.1, -0.05) is 118 Å². The summed E-state index contributed by atoms with van der Waals surface area (Å²) in [5, 5.41) is 70.5. The Hall–Kier alpha value is -3.72. The third kappa shape index (κ3) is 13.9. The van der Waals surface area contributed by atoms with Crippen molar-refractivity contribution in [2.24, 2.45) is 47.3 Å². The van der Waals surface area contributed by atoms with Crippen LogP contribution in [0.15, 0.2) is 72.8 Å². The number of phenolic OH excluding ortho intramolecular Hbond substituents is 4. The predicted molar refractivity (Wildman–Crippen MR) is 307 cm³/mol. The number of fused-ring (bicyclic) bond motifs is 20. The maximum Gasteiger partial charge on any atom is 1.00 e. The third-order valence-electron chi connectivity index (χ3n) is 19.4. The van der Waals surface area contributed by atoms with E-state index in [1.54, 1.807) is 0 Å². The van der Waals surface area contributed by atoms with Gasteiger partial charge in [0.15, 0.2) is 0 Å². The number of hydrogen-bond acceptors (Lipinski definition) is 12. The van der Waals surface area contributed by atoms with Gasteiger partial charge in [0.05, 0.1) is 49.3 Å². The fraction of sp³-hybridized carbons (Fsp3) is 0.609. The molecule has 12 N–H and O–H groups in total. The van der Waals surface area contributed by atoms with Crippen molar-refractivity contribution in [1.82, 2.24) is 42.5 Å². The van der Waals surface area contributed by atoms with E-state index in [0.29, 0.717) is 84.2 Å². The number of rotatable bonds is 0. The van der Waals surface area contributed by atoms with Gasteiger partial charge in [-0.2, -0.15) is 12.8 Å². The molecule has 0 spiro atoms. The molecule has 5 aliphatic heterocycles. The number of aryl methyl sites for hydroxylation is 8. The fourth-order valence-electron chi connectivity index (χ4n) is 15.0. The molecule has 8 bridgehead atoms. The molecule has 13 heteroatoms. The minimum absolute atomic E-state index is 0. The summed E-state index contributed by atoms with van der Waals surface area (Å²) >= 11 is 0. The van der Waals surface area contributed by atoms with Crippen LogP contribution in [0.2, 0.25) is 0 Å². The fourth-order valence-corrected chi connectivity index (χ4v) is 15.0. The Labute approximate surface area is 472 Å². The van der Waals surface area contributed by atoms with Gasteiger partial charge in [0.1, 0.15) is 23.0 Å². The molecule has 9 aliphatic rings. The molecule has 0 aromatic heterocycles. The van der Waals surface area contributed by atoms with E-state index in [2.05, 4.69) is 49.0 Å². The molecule has 13 rings (SSSR count). The van der Waals surface area contributed by atoms with Crippen molar-refractivity contribution >= 4 is 0 Å². The Bertz CT molecular complexity index is 2040. The molecular formula is C64H95CuN8O4. The van der Waals surface area contributed by atoms with Crippen molar-refractivity contribution < 1.29 is 37.5 Å². The Morgan fingerprint density at radius 1 is 0.299 bits per heavy atom. The zero-order valence-corrected chi connectivity index (χ0v) is 48.4. The van der Waals surface area contributed by atoms with Gasteiger partial charge in [0, 0.05) is 0 Å². The van der Waals surface area contributed by atoms with Crippen LogP contribution in [-0.4, -0.2) is 69.8 Å². The molecule has 12 nitrogen and oxygen atoms in total. The van der Waals surface area contributed by atoms with E-state index in [1.165, 1.54) is 96.3 Å². The minimum atomic E-state index is 0. The van der Waals surface area contributed by atoms with Crippen LogP contribution in [-0.2, 0) is 17.1 Å². The number of phenols is 4. The Kier molecular flexibility index (Phi) is 21.0. The second-order valence-electron chi connectivity index (χ2n) is 24.4. The zero-order chi connectivity index (χ0) is 53.6. The van der Waals surface area contributed by atoms with Crippen molar-refractivity contribution in [3.05, 3.63) is 124 Å². The van der Waals surface area contributed by atoms with E-state index < -0.39 is 0 Å². The van der Waals surface area contributed by atoms with Gasteiger partial charge in [-0.05, 0) is 186 Å². The van der Waals surface area contributed by atoms with Gasteiger partial charge in [-0.3, -0.25) is 42.5 Å². The topological polar surface area (TPSA) is 177 Å². The Morgan fingerprint density at radius 2 is 0.481 bits per heavy atom. The molecule has 77 heavy (non-hydrogen) atoms. The van der Waals surface area contributed by atoms with Crippen LogP contribution in [0.3, 0.4) is 0 Å². The first-order valence-corrected chi connectivity index (χ1v) is 29.6. The zero-order valence-electron chi connectivity index (χ0n) is 47.4. The first-order valence-electron chi connectivity index (χ1n) is 29.6. The van der Waals surface area contributed by atoms with Gasteiger partial charge >= 0.3 is 17.1 Å². The van der Waals surface area contributed by atoms with E-state index in [-0.39, 0.29) is 17.1 Å². The normalized spacial score (nSPS) is 34.4. The van der Waals surface area contributed by atoms with Gasteiger partial charge in [-0.15, -0.1) is 0 Å². The molecule has 4 aromatic carbocycles. The molecule has 0 radical (unpaired) electrons. The van der Waals surface area contributed by atoms with Gasteiger partial charge in [0.2, 0.25) is 0 Å². The van der Waals surface area contributed by atoms with Crippen molar-refractivity contribution in [2.75, 3.05) is 0 Å². The van der Waals surface area contributed by atoms with Crippen LogP contribution in [0.1, 0.15) is 141 Å². The molecule has 9 fully saturated rings. The number of para-hydroxylation sites is 4. The molecule has 426 valence electrons. The molecule has 5 saturated heterocycles. The Balaban J connectivity index is 0.000000170. The minimum Gasteiger partial charge on any atom is -0.507 e. The predicted octanol–water partition coefficient (Wildman–Crippen LogP) is 10.5. The summed E-state index contributed by atoms with van der Waals surface area (Å²) in [7, 11) is 0. The standard InChI is InChI=1S/C32H55N8.4C8H10O.Cu/c1-2-10-18-17(9-1)25-33-26(18)38-28-21-13-5-6-14-22(21)30(35-28)40-32-24-16-8-7-15-23(24)31(36-32)39-29-20-12-4-3-11-19(20)27(34-29)37-25;4*1-6-4-3-5-7(2)8(6)9;/h1,17-40H,2-16H2;4*3-5,9H,1-2H3;/q-1;;;;;+1. The molecule has 4 aliphatic carbocycles. The number of benzene rings is 4. The SMILES string of the molecule is Cc1cccc(C)c1O.Cc1cccc(C)c1O.Cc1cccc(C)c1O.Cc1cccc(C)c1O.[CH-]1CCC2C3NC(NC4NC(NC5NC(NC6NC(N3)C3CCCCC63)C3CCCCC53)C3CCCCC43)C2C1.[Cu+]. The molecule has 16 atom stereocenters. The largest absolute Gasteiger partial charge is 1.00 e. The average Bonchev–Trinajstić information content (AvgIpc) is 4.22. The van der Waals surface area contributed by atoms with Crippen molar-refractivity contribution in [2.45, 2.75) is 201 Å². The first-order chi connectivity index (χ1) is 36.7. The molecular weight excluding hydrogens is 1010 g/mol. The maximum atomic E-state index is 9.21. The van der Waals surface area contributed by atoms with Crippen LogP contribution in [0.5, 0.6) is 23.0 Å². The quantitative estimate of drug-likeness (QED) is 0.0594. The van der Waals surface area contributed by atoms with Crippen LogP contribution >= 0.6 is 0 Å². The van der Waals surface area contributed by atoms with E-state index >= 15 is 0 Å². The average molecular weight is 1100 g/mol. The van der Waals surface area contributed by atoms with Crippen molar-refractivity contribution in [3.63, 3.8) is 0 Å². The summed E-state index contributed by atoms with van der Waals surface area (Å²) in [6, 6.07) is 22.9. The smallest absolute Gasteiger partial charge is 0.507 e. The summed E-state index contributed by atoms with van der Waals surface area (Å²) in [6.07, 6.45) is 26.3. The summed E-state index contributed by atoms with van der Waals surface area (Å²) in [6.45, 7) is 15.1. The molecule has 5 heterocycles. The maximum absolute atomic E-state index is 9.21. The summed E-state index contributed by atoms with van der Waals surface area (Å²) in [5.41, 5.74) is 7.52. The van der Waals surface area contributed by atoms with Gasteiger partial charge in [0.25, 0.3) is 0 Å². The summed E-state index contributed by atoms with van der Waals surface area (Å²) in [5.74, 6) is 7.50. The third-order valence-corrected chi connectivity index (χ3v) is 19.4. The van der Waals surface area contributed by atoms with Gasteiger partial charge in [-0.25, -0.2) is 0 Å². The van der Waals surface area contributed by atoms with E-state index in [0.717, 1.165) is 80.0 Å². The van der Waals surface area contributed by atoms with Crippen molar-refractivity contribution in [1.29, 1.82) is 0 Å². The van der Waals surface area contributed by atoms with Gasteiger partial charge < -0.3 is 26.8 Å². The summed E-state index contributed by atoms with van der Waals surface area (Å²) in [4.78, 5) is 0. The van der Waals surface area contributed by atoms with E-state index in [9.17, 15) is 20.4 Å². The van der Waals surface area contributed by atoms with E-state index in [1.807, 2.05) is 128 Å². The molecule has 16 unspecified atom stereocenters. The van der Waals surface area contributed by atoms with E-state index in [4.69, 9.17) is 0 Å². The van der Waals surface area contributed by atoms with Crippen LogP contribution in [0.4, 0.5) is 0 Å². The number of nitrogens with one attached hydrogen (secondary N) is 8. The van der Waals surface area contributed by atoms with Crippen molar-refractivity contribution in [3.8, 4) is 23.0 Å². The first kappa shape index (κ1) is 59.4. The second kappa shape index (κ2) is 27.2. The number of aromatic hydroxyl groups is 4. The second-order valence-corrected chi connectivity index (χ2v) is 24.4. The molecule has 4 aromatic rings. The molecule has 4 saturated carbocycles.